The first-order valence-electron chi connectivity index (χ1n) is 11.8. The van der Waals surface area contributed by atoms with Crippen molar-refractivity contribution < 1.29 is 19.0 Å². The van der Waals surface area contributed by atoms with Gasteiger partial charge >= 0.3 is 5.97 Å². The highest BCUT2D eigenvalue weighted by atomic mass is 32.2. The van der Waals surface area contributed by atoms with Crippen LogP contribution in [-0.2, 0) is 9.53 Å². The van der Waals surface area contributed by atoms with Crippen LogP contribution in [0.25, 0.3) is 0 Å². The lowest BCUT2D eigenvalue weighted by atomic mass is 9.95. The second-order valence-electron chi connectivity index (χ2n) is 7.81. The molecule has 0 radical (unpaired) electrons. The maximum absolute atomic E-state index is 13.1. The van der Waals surface area contributed by atoms with Gasteiger partial charge in [-0.3, -0.25) is 0 Å². The topological polar surface area (TPSA) is 87.5 Å². The molecule has 1 aliphatic rings. The van der Waals surface area contributed by atoms with Gasteiger partial charge in [0, 0.05) is 11.4 Å². The van der Waals surface area contributed by atoms with E-state index in [1.54, 1.807) is 22.5 Å². The number of allylic oxidation sites excluding steroid dienone is 1. The molecule has 9 heteroatoms. The van der Waals surface area contributed by atoms with E-state index in [1.165, 1.54) is 0 Å². The zero-order valence-electron chi connectivity index (χ0n) is 20.4. The first-order chi connectivity index (χ1) is 16.5. The van der Waals surface area contributed by atoms with Crippen LogP contribution in [0.3, 0.4) is 0 Å². The molecule has 1 aromatic carbocycles. The number of esters is 1. The Balaban J connectivity index is 2.07. The Morgan fingerprint density at radius 3 is 2.76 bits per heavy atom. The number of aromatic nitrogens is 3. The number of thioether (sulfide) groups is 1. The van der Waals surface area contributed by atoms with Gasteiger partial charge in [-0.25, -0.2) is 9.48 Å². The van der Waals surface area contributed by atoms with Gasteiger partial charge in [0.15, 0.2) is 11.5 Å². The number of nitrogens with one attached hydrogen (secondary N) is 1. The largest absolute Gasteiger partial charge is 0.490 e. The minimum Gasteiger partial charge on any atom is -0.490 e. The van der Waals surface area contributed by atoms with Crippen LogP contribution >= 0.6 is 11.8 Å². The van der Waals surface area contributed by atoms with E-state index in [9.17, 15) is 4.79 Å². The molecule has 0 amide bonds. The Kier molecular flexibility index (Phi) is 9.44. The minimum atomic E-state index is -0.527. The number of carbonyl (C=O) groups excluding carboxylic acids is 1. The molecule has 2 heterocycles. The lowest BCUT2D eigenvalue weighted by molar-refractivity contribution is -0.138. The number of nitrogens with zero attached hydrogens (tertiary/aromatic N) is 3. The number of fused-ring (bicyclic) bond motifs is 1. The summed E-state index contributed by atoms with van der Waals surface area (Å²) < 4.78 is 18.9. The number of anilines is 1. The minimum absolute atomic E-state index is 0.124. The number of benzene rings is 1. The van der Waals surface area contributed by atoms with Crippen LogP contribution in [0.2, 0.25) is 0 Å². The van der Waals surface area contributed by atoms with Gasteiger partial charge in [0.05, 0.1) is 18.8 Å². The molecule has 0 saturated carbocycles. The molecular weight excluding hydrogens is 452 g/mol. The van der Waals surface area contributed by atoms with Crippen molar-refractivity contribution in [3.8, 4) is 11.5 Å². The molecular formula is C25H34N4O4S. The summed E-state index contributed by atoms with van der Waals surface area (Å²) in [5.41, 5.74) is 1.97. The summed E-state index contributed by atoms with van der Waals surface area (Å²) in [6.45, 7) is 12.8. The molecule has 8 nitrogen and oxygen atoms in total. The summed E-state index contributed by atoms with van der Waals surface area (Å²) in [5, 5.41) is 8.65. The molecule has 0 spiro atoms. The summed E-state index contributed by atoms with van der Waals surface area (Å²) in [5.74, 6) is 2.39. The molecule has 0 aliphatic carbocycles. The monoisotopic (exact) mass is 486 g/mol. The Morgan fingerprint density at radius 1 is 1.24 bits per heavy atom. The van der Waals surface area contributed by atoms with E-state index in [1.807, 2.05) is 32.0 Å². The first kappa shape index (κ1) is 25.7. The number of ether oxygens (including phenoxy) is 3. The van der Waals surface area contributed by atoms with Gasteiger partial charge in [-0.05, 0) is 44.4 Å². The molecule has 34 heavy (non-hydrogen) atoms. The van der Waals surface area contributed by atoms with Crippen LogP contribution in [0.15, 0.2) is 47.3 Å². The standard InChI is InChI=1S/C25H34N4O4S/c1-6-10-15-34-25-27-24-26-17(5)21(23(30)33-14-8-3)22(29(24)28-25)18-11-12-19(32-13-7-2)20(16-18)31-9-4/h8,11-12,16,22H,3,6-7,9-10,13-15H2,1-2,4-5H3,(H,26,27,28). The molecule has 0 bridgehead atoms. The van der Waals surface area contributed by atoms with Crippen molar-refractivity contribution in [2.75, 3.05) is 30.9 Å². The predicted molar refractivity (Wildman–Crippen MR) is 135 cm³/mol. The van der Waals surface area contributed by atoms with E-state index in [0.717, 1.165) is 30.6 Å². The third kappa shape index (κ3) is 5.94. The fourth-order valence-corrected chi connectivity index (χ4v) is 4.49. The normalized spacial score (nSPS) is 14.9. The number of hydrogen-bond donors (Lipinski definition) is 1. The molecule has 0 fully saturated rings. The van der Waals surface area contributed by atoms with Crippen LogP contribution in [0.1, 0.15) is 58.6 Å². The second-order valence-corrected chi connectivity index (χ2v) is 8.87. The van der Waals surface area contributed by atoms with Gasteiger partial charge in [0.25, 0.3) is 0 Å². The molecule has 3 rings (SSSR count). The van der Waals surface area contributed by atoms with Crippen molar-refractivity contribution >= 4 is 23.7 Å². The lowest BCUT2D eigenvalue weighted by Crippen LogP contribution is -2.29. The Hall–Kier alpha value is -2.94. The van der Waals surface area contributed by atoms with E-state index in [-0.39, 0.29) is 6.61 Å². The zero-order valence-corrected chi connectivity index (χ0v) is 21.2. The van der Waals surface area contributed by atoms with E-state index in [0.29, 0.717) is 47.1 Å². The van der Waals surface area contributed by atoms with Crippen LogP contribution in [0.4, 0.5) is 5.95 Å². The van der Waals surface area contributed by atoms with Crippen molar-refractivity contribution in [3.63, 3.8) is 0 Å². The molecule has 1 unspecified atom stereocenters. The van der Waals surface area contributed by atoms with Crippen molar-refractivity contribution in [2.24, 2.45) is 0 Å². The third-order valence-electron chi connectivity index (χ3n) is 5.16. The summed E-state index contributed by atoms with van der Waals surface area (Å²) in [6, 6.07) is 5.20. The second kappa shape index (κ2) is 12.5. The summed E-state index contributed by atoms with van der Waals surface area (Å²) >= 11 is 1.61. The Labute approximate surface area is 205 Å². The Bertz CT molecular complexity index is 1030. The highest BCUT2D eigenvalue weighted by Crippen LogP contribution is 2.40. The molecule has 2 aromatic rings. The number of hydrogen-bond acceptors (Lipinski definition) is 8. The van der Waals surface area contributed by atoms with Gasteiger partial charge in [-0.15, -0.1) is 5.10 Å². The van der Waals surface area contributed by atoms with Crippen LogP contribution in [0.5, 0.6) is 11.5 Å². The third-order valence-corrected chi connectivity index (χ3v) is 6.08. The van der Waals surface area contributed by atoms with Gasteiger partial charge in [0.2, 0.25) is 11.1 Å². The average Bonchev–Trinajstić information content (AvgIpc) is 3.23. The highest BCUT2D eigenvalue weighted by molar-refractivity contribution is 7.99. The van der Waals surface area contributed by atoms with Crippen molar-refractivity contribution in [3.05, 3.63) is 47.7 Å². The fourth-order valence-electron chi connectivity index (χ4n) is 3.58. The summed E-state index contributed by atoms with van der Waals surface area (Å²) in [7, 11) is 0. The van der Waals surface area contributed by atoms with Gasteiger partial charge < -0.3 is 19.5 Å². The van der Waals surface area contributed by atoms with E-state index >= 15 is 0 Å². The maximum atomic E-state index is 13.1. The van der Waals surface area contributed by atoms with Crippen LogP contribution < -0.4 is 14.8 Å². The number of unbranched alkanes of at least 4 members (excludes halogenated alkanes) is 1. The quantitative estimate of drug-likeness (QED) is 0.175. The zero-order chi connectivity index (χ0) is 24.5. The van der Waals surface area contributed by atoms with Gasteiger partial charge in [-0.1, -0.05) is 50.8 Å². The van der Waals surface area contributed by atoms with E-state index in [4.69, 9.17) is 19.3 Å². The van der Waals surface area contributed by atoms with Crippen LogP contribution in [-0.4, -0.2) is 46.3 Å². The first-order valence-corrected chi connectivity index (χ1v) is 12.8. The number of rotatable bonds is 13. The predicted octanol–water partition coefficient (Wildman–Crippen LogP) is 5.38. The van der Waals surface area contributed by atoms with Crippen molar-refractivity contribution in [2.45, 2.75) is 58.2 Å². The van der Waals surface area contributed by atoms with E-state index < -0.39 is 12.0 Å². The number of carbonyl (C=O) groups is 1. The molecule has 1 N–H and O–H groups in total. The highest BCUT2D eigenvalue weighted by Gasteiger charge is 2.35. The van der Waals surface area contributed by atoms with Gasteiger partial charge in [-0.2, -0.15) is 4.98 Å². The molecule has 0 saturated heterocycles. The van der Waals surface area contributed by atoms with Gasteiger partial charge in [0.1, 0.15) is 12.6 Å². The van der Waals surface area contributed by atoms with Crippen LogP contribution in [0, 0.1) is 0 Å². The smallest absolute Gasteiger partial charge is 0.338 e. The summed E-state index contributed by atoms with van der Waals surface area (Å²) in [4.78, 5) is 17.8. The summed E-state index contributed by atoms with van der Waals surface area (Å²) in [6.07, 6.45) is 4.63. The maximum Gasteiger partial charge on any atom is 0.338 e. The molecule has 1 atom stereocenters. The molecule has 184 valence electrons. The lowest BCUT2D eigenvalue weighted by Gasteiger charge is -2.28. The van der Waals surface area contributed by atoms with E-state index in [2.05, 4.69) is 30.7 Å². The molecule has 1 aromatic heterocycles. The average molecular weight is 487 g/mol. The van der Waals surface area contributed by atoms with Crippen molar-refractivity contribution in [1.29, 1.82) is 0 Å². The van der Waals surface area contributed by atoms with Crippen molar-refractivity contribution in [1.82, 2.24) is 14.8 Å². The Morgan fingerprint density at radius 2 is 2.06 bits per heavy atom. The fraction of sp³-hybridized carbons (Fsp3) is 0.480. The molecule has 1 aliphatic heterocycles. The SMILES string of the molecule is C=CCOC(=O)C1=C(C)Nc2nc(SCCCC)nn2C1c1ccc(OCCC)c(OCC)c1.